The van der Waals surface area contributed by atoms with Crippen molar-refractivity contribution in [3.8, 4) is 0 Å². The number of carbonyl (C=O) groups is 3. The van der Waals surface area contributed by atoms with E-state index in [1.54, 1.807) is 40.8 Å². The molecule has 190 valence electrons. The smallest absolute Gasteiger partial charge is 0.261 e. The molecule has 0 aliphatic heterocycles. The first-order valence-electron chi connectivity index (χ1n) is 12.0. The van der Waals surface area contributed by atoms with Gasteiger partial charge in [-0.2, -0.15) is 0 Å². The highest BCUT2D eigenvalue weighted by Gasteiger charge is 2.31. The summed E-state index contributed by atoms with van der Waals surface area (Å²) >= 11 is 1.30. The van der Waals surface area contributed by atoms with Gasteiger partial charge in [0.15, 0.2) is 0 Å². The third-order valence-electron chi connectivity index (χ3n) is 5.92. The Morgan fingerprint density at radius 2 is 1.70 bits per heavy atom. The average molecular weight is 516 g/mol. The summed E-state index contributed by atoms with van der Waals surface area (Å²) in [7, 11) is 0. The first-order valence-corrected chi connectivity index (χ1v) is 12.9. The molecule has 1 atom stereocenters. The molecule has 2 aromatic carbocycles. The Balaban J connectivity index is 1.59. The van der Waals surface area contributed by atoms with E-state index in [0.717, 1.165) is 11.1 Å². The van der Waals surface area contributed by atoms with Crippen molar-refractivity contribution in [2.45, 2.75) is 25.9 Å². The fourth-order valence-electron chi connectivity index (χ4n) is 3.95. The molecule has 0 aliphatic carbocycles. The predicted octanol–water partition coefficient (Wildman–Crippen LogP) is 4.51. The summed E-state index contributed by atoms with van der Waals surface area (Å²) in [5.74, 6) is -0.382. The standard InChI is InChI=1S/C29H29N3O4S/c1-21-11-13-23(14-12-21)27(29(35)30-19-24-9-5-17-36-24)32(16-15-22-7-3-2-4-8-22)26(33)20-31-28(34)25-10-6-18-37-25/h2-14,17-18,27H,15-16,19-20H2,1H3,(H,30,35)(H,31,34). The second kappa shape index (κ2) is 12.7. The Hall–Kier alpha value is -4.17. The molecule has 3 amide bonds. The lowest BCUT2D eigenvalue weighted by Crippen LogP contribution is -2.48. The zero-order valence-electron chi connectivity index (χ0n) is 20.6. The van der Waals surface area contributed by atoms with Crippen molar-refractivity contribution < 1.29 is 18.8 Å². The molecular weight excluding hydrogens is 486 g/mol. The number of furan rings is 1. The van der Waals surface area contributed by atoms with E-state index in [0.29, 0.717) is 29.2 Å². The number of carbonyl (C=O) groups excluding carboxylic acids is 3. The molecule has 4 rings (SSSR count). The summed E-state index contributed by atoms with van der Waals surface area (Å²) in [5.41, 5.74) is 2.78. The van der Waals surface area contributed by atoms with Gasteiger partial charge in [-0.1, -0.05) is 66.2 Å². The summed E-state index contributed by atoms with van der Waals surface area (Å²) in [4.78, 5) is 41.7. The van der Waals surface area contributed by atoms with Gasteiger partial charge in [-0.15, -0.1) is 11.3 Å². The van der Waals surface area contributed by atoms with Crippen LogP contribution >= 0.6 is 11.3 Å². The average Bonchev–Trinajstić information content (AvgIpc) is 3.64. The van der Waals surface area contributed by atoms with E-state index < -0.39 is 6.04 Å². The number of rotatable bonds is 11. The van der Waals surface area contributed by atoms with Gasteiger partial charge in [0, 0.05) is 6.54 Å². The van der Waals surface area contributed by atoms with E-state index in [1.165, 1.54) is 11.3 Å². The molecule has 8 heteroatoms. The van der Waals surface area contributed by atoms with E-state index in [1.807, 2.05) is 61.5 Å². The van der Waals surface area contributed by atoms with Gasteiger partial charge in [-0.3, -0.25) is 14.4 Å². The second-order valence-corrected chi connectivity index (χ2v) is 9.54. The van der Waals surface area contributed by atoms with E-state index in [4.69, 9.17) is 4.42 Å². The summed E-state index contributed by atoms with van der Waals surface area (Å²) < 4.78 is 5.36. The van der Waals surface area contributed by atoms with Gasteiger partial charge < -0.3 is 20.0 Å². The molecule has 37 heavy (non-hydrogen) atoms. The van der Waals surface area contributed by atoms with Gasteiger partial charge >= 0.3 is 0 Å². The number of hydrogen-bond acceptors (Lipinski definition) is 5. The first-order chi connectivity index (χ1) is 18.0. The number of thiophene rings is 1. The molecule has 7 nitrogen and oxygen atoms in total. The van der Waals surface area contributed by atoms with Crippen LogP contribution in [0.25, 0.3) is 0 Å². The quantitative estimate of drug-likeness (QED) is 0.308. The Morgan fingerprint density at radius 1 is 0.919 bits per heavy atom. The Bertz CT molecular complexity index is 1290. The topological polar surface area (TPSA) is 91.7 Å². The van der Waals surface area contributed by atoms with Crippen LogP contribution < -0.4 is 10.6 Å². The number of nitrogens with zero attached hydrogens (tertiary/aromatic N) is 1. The van der Waals surface area contributed by atoms with Crippen LogP contribution in [0.4, 0.5) is 0 Å². The fourth-order valence-corrected chi connectivity index (χ4v) is 4.59. The molecule has 2 N–H and O–H groups in total. The van der Waals surface area contributed by atoms with Crippen molar-refractivity contribution in [2.75, 3.05) is 13.1 Å². The van der Waals surface area contributed by atoms with Crippen molar-refractivity contribution in [3.05, 3.63) is 118 Å². The van der Waals surface area contributed by atoms with Crippen LogP contribution in [-0.2, 0) is 22.6 Å². The maximum absolute atomic E-state index is 13.6. The molecule has 1 unspecified atom stereocenters. The third kappa shape index (κ3) is 7.17. The number of hydrogen-bond donors (Lipinski definition) is 2. The van der Waals surface area contributed by atoms with Crippen LogP contribution in [-0.4, -0.2) is 35.7 Å². The number of benzene rings is 2. The fraction of sp³-hybridized carbons (Fsp3) is 0.207. The van der Waals surface area contributed by atoms with Crippen LogP contribution in [0.15, 0.2) is 94.9 Å². The molecule has 0 aliphatic rings. The molecule has 2 heterocycles. The van der Waals surface area contributed by atoms with E-state index >= 15 is 0 Å². The van der Waals surface area contributed by atoms with E-state index in [2.05, 4.69) is 10.6 Å². The lowest BCUT2D eigenvalue weighted by molar-refractivity contribution is -0.140. The monoisotopic (exact) mass is 515 g/mol. The van der Waals surface area contributed by atoms with Crippen LogP contribution in [0.2, 0.25) is 0 Å². The largest absolute Gasteiger partial charge is 0.467 e. The van der Waals surface area contributed by atoms with Crippen LogP contribution in [0, 0.1) is 6.92 Å². The molecule has 0 saturated heterocycles. The zero-order valence-corrected chi connectivity index (χ0v) is 21.4. The van der Waals surface area contributed by atoms with E-state index in [9.17, 15) is 14.4 Å². The highest BCUT2D eigenvalue weighted by atomic mass is 32.1. The van der Waals surface area contributed by atoms with Crippen LogP contribution in [0.1, 0.15) is 38.2 Å². The van der Waals surface area contributed by atoms with E-state index in [-0.39, 0.29) is 30.8 Å². The molecule has 4 aromatic rings. The van der Waals surface area contributed by atoms with Crippen LogP contribution in [0.5, 0.6) is 0 Å². The Kier molecular flexibility index (Phi) is 8.89. The number of amides is 3. The lowest BCUT2D eigenvalue weighted by Gasteiger charge is -2.31. The molecule has 0 fully saturated rings. The molecule has 0 radical (unpaired) electrons. The lowest BCUT2D eigenvalue weighted by atomic mass is 10.0. The molecule has 0 spiro atoms. The second-order valence-electron chi connectivity index (χ2n) is 8.59. The van der Waals surface area contributed by atoms with Crippen molar-refractivity contribution in [1.29, 1.82) is 0 Å². The first kappa shape index (κ1) is 25.9. The number of aryl methyl sites for hydroxylation is 1. The molecular formula is C29H29N3O4S. The maximum Gasteiger partial charge on any atom is 0.261 e. The van der Waals surface area contributed by atoms with Gasteiger partial charge in [-0.05, 0) is 48.1 Å². The Morgan fingerprint density at radius 3 is 2.38 bits per heavy atom. The summed E-state index contributed by atoms with van der Waals surface area (Å²) in [6, 6.07) is 23.5. The molecule has 0 saturated carbocycles. The third-order valence-corrected chi connectivity index (χ3v) is 6.79. The van der Waals surface area contributed by atoms with Crippen LogP contribution in [0.3, 0.4) is 0 Å². The van der Waals surface area contributed by atoms with Gasteiger partial charge in [0.1, 0.15) is 11.8 Å². The van der Waals surface area contributed by atoms with Crippen molar-refractivity contribution >= 4 is 29.1 Å². The van der Waals surface area contributed by atoms with Gasteiger partial charge in [0.25, 0.3) is 5.91 Å². The van der Waals surface area contributed by atoms with Crippen molar-refractivity contribution in [3.63, 3.8) is 0 Å². The Labute approximate surface area is 220 Å². The highest BCUT2D eigenvalue weighted by molar-refractivity contribution is 7.12. The minimum absolute atomic E-state index is 0.198. The highest BCUT2D eigenvalue weighted by Crippen LogP contribution is 2.23. The zero-order chi connectivity index (χ0) is 26.0. The van der Waals surface area contributed by atoms with Gasteiger partial charge in [-0.25, -0.2) is 0 Å². The summed E-state index contributed by atoms with van der Waals surface area (Å²) in [6.07, 6.45) is 2.10. The maximum atomic E-state index is 13.6. The van der Waals surface area contributed by atoms with Crippen molar-refractivity contribution in [1.82, 2.24) is 15.5 Å². The number of nitrogens with one attached hydrogen (secondary N) is 2. The molecule has 0 bridgehead atoms. The minimum atomic E-state index is -0.884. The van der Waals surface area contributed by atoms with Crippen molar-refractivity contribution in [2.24, 2.45) is 0 Å². The predicted molar refractivity (Wildman–Crippen MR) is 143 cm³/mol. The molecule has 2 aromatic heterocycles. The van der Waals surface area contributed by atoms with Gasteiger partial charge in [0.05, 0.1) is 24.2 Å². The minimum Gasteiger partial charge on any atom is -0.467 e. The normalized spacial score (nSPS) is 11.5. The van der Waals surface area contributed by atoms with Gasteiger partial charge in [0.2, 0.25) is 11.8 Å². The SMILES string of the molecule is Cc1ccc(C(C(=O)NCc2ccco2)N(CCc2ccccc2)C(=O)CNC(=O)c2cccs2)cc1. The summed E-state index contributed by atoms with van der Waals surface area (Å²) in [5, 5.41) is 7.42. The summed E-state index contributed by atoms with van der Waals surface area (Å²) in [6.45, 7) is 2.24.